The number of rotatable bonds is 2. The van der Waals surface area contributed by atoms with Gasteiger partial charge in [-0.1, -0.05) is 6.92 Å². The molecule has 4 nitrogen and oxygen atoms in total. The monoisotopic (exact) mass is 135 g/mol. The average Bonchev–Trinajstić information content (AvgIpc) is 1.89. The number of hydrogen-bond acceptors (Lipinski definition) is 3. The molecule has 0 rings (SSSR count). The van der Waals surface area contributed by atoms with E-state index in [1.807, 2.05) is 6.92 Å². The zero-order valence-electron chi connectivity index (χ0n) is 5.76. The van der Waals surface area contributed by atoms with E-state index in [1.54, 1.807) is 6.92 Å². The Bertz CT molecular complexity index is 63.2. The molecule has 0 aliphatic carbocycles. The van der Waals surface area contributed by atoms with E-state index in [9.17, 15) is 4.79 Å². The predicted octanol–water partition coefficient (Wildman–Crippen LogP) is 0.378. The Morgan fingerprint density at radius 1 is 1.67 bits per heavy atom. The fourth-order valence-electron chi connectivity index (χ4n) is 0. The van der Waals surface area contributed by atoms with E-state index in [2.05, 4.69) is 10.7 Å². The summed E-state index contributed by atoms with van der Waals surface area (Å²) in [6.07, 6.45) is 0.222. The third kappa shape index (κ3) is 37.6. The molecule has 0 aromatic rings. The summed E-state index contributed by atoms with van der Waals surface area (Å²) < 4.78 is 0. The van der Waals surface area contributed by atoms with Gasteiger partial charge in [-0.3, -0.25) is 4.79 Å². The van der Waals surface area contributed by atoms with Crippen molar-refractivity contribution in [2.24, 2.45) is 5.90 Å². The smallest absolute Gasteiger partial charge is 0.303 e. The molecule has 56 valence electrons. The number of carbonyl (C=O) groups is 1. The van der Waals surface area contributed by atoms with Crippen molar-refractivity contribution >= 4 is 5.97 Å². The van der Waals surface area contributed by atoms with Gasteiger partial charge in [0.05, 0.1) is 6.61 Å². The van der Waals surface area contributed by atoms with Gasteiger partial charge in [0.1, 0.15) is 0 Å². The van der Waals surface area contributed by atoms with Gasteiger partial charge in [-0.15, -0.1) is 0 Å². The van der Waals surface area contributed by atoms with E-state index >= 15 is 0 Å². The second-order valence-electron chi connectivity index (χ2n) is 1.20. The molecular formula is C5H13NO3. The highest BCUT2D eigenvalue weighted by Gasteiger charge is 1.80. The molecule has 0 aliphatic heterocycles. The van der Waals surface area contributed by atoms with Gasteiger partial charge in [0.2, 0.25) is 0 Å². The standard InChI is InChI=1S/C3H6O2.C2H7NO/c1-2-3(4)5;1-2-4-3/h2H2,1H3,(H,4,5);2-3H2,1H3. The largest absolute Gasteiger partial charge is 0.481 e. The zero-order chi connectivity index (χ0) is 7.70. The van der Waals surface area contributed by atoms with Gasteiger partial charge < -0.3 is 9.94 Å². The molecule has 0 fully saturated rings. The van der Waals surface area contributed by atoms with E-state index in [-0.39, 0.29) is 6.42 Å². The van der Waals surface area contributed by atoms with Crippen molar-refractivity contribution in [2.45, 2.75) is 20.3 Å². The molecule has 0 aromatic heterocycles. The van der Waals surface area contributed by atoms with Crippen molar-refractivity contribution in [2.75, 3.05) is 6.61 Å². The molecule has 0 aromatic carbocycles. The van der Waals surface area contributed by atoms with Gasteiger partial charge in [0.25, 0.3) is 0 Å². The minimum atomic E-state index is -0.745. The van der Waals surface area contributed by atoms with Crippen LogP contribution in [-0.4, -0.2) is 17.7 Å². The van der Waals surface area contributed by atoms with Crippen LogP contribution in [0.5, 0.6) is 0 Å². The van der Waals surface area contributed by atoms with Gasteiger partial charge in [-0.25, -0.2) is 5.90 Å². The van der Waals surface area contributed by atoms with Crippen molar-refractivity contribution in [1.82, 2.24) is 0 Å². The Kier molecular flexibility index (Phi) is 13.0. The minimum Gasteiger partial charge on any atom is -0.481 e. The fourth-order valence-corrected chi connectivity index (χ4v) is 0. The molecule has 0 amide bonds. The van der Waals surface area contributed by atoms with E-state index in [1.165, 1.54) is 0 Å². The molecule has 9 heavy (non-hydrogen) atoms. The first-order valence-electron chi connectivity index (χ1n) is 2.72. The quantitative estimate of drug-likeness (QED) is 0.537. The second kappa shape index (κ2) is 10.4. The van der Waals surface area contributed by atoms with Crippen LogP contribution < -0.4 is 5.90 Å². The maximum atomic E-state index is 9.37. The number of aliphatic carboxylic acids is 1. The zero-order valence-corrected chi connectivity index (χ0v) is 5.76. The molecule has 0 unspecified atom stereocenters. The van der Waals surface area contributed by atoms with Crippen LogP contribution >= 0.6 is 0 Å². The summed E-state index contributed by atoms with van der Waals surface area (Å²) in [5, 5.41) is 7.72. The molecule has 0 saturated heterocycles. The number of hydrogen-bond donors (Lipinski definition) is 2. The predicted molar refractivity (Wildman–Crippen MR) is 33.7 cm³/mol. The van der Waals surface area contributed by atoms with Crippen LogP contribution in [-0.2, 0) is 9.63 Å². The summed E-state index contributed by atoms with van der Waals surface area (Å²) in [6, 6.07) is 0. The maximum Gasteiger partial charge on any atom is 0.303 e. The second-order valence-corrected chi connectivity index (χ2v) is 1.20. The molecule has 0 radical (unpaired) electrons. The Labute approximate surface area is 54.6 Å². The van der Waals surface area contributed by atoms with Crippen LogP contribution in [0.3, 0.4) is 0 Å². The molecule has 0 heterocycles. The molecule has 0 saturated carbocycles. The number of carboxylic acids is 1. The van der Waals surface area contributed by atoms with Gasteiger partial charge in [-0.2, -0.15) is 0 Å². The molecule has 0 spiro atoms. The van der Waals surface area contributed by atoms with Gasteiger partial charge in [0, 0.05) is 6.42 Å². The number of carboxylic acid groups (broad SMARTS) is 1. The Morgan fingerprint density at radius 2 is 1.89 bits per heavy atom. The molecular weight excluding hydrogens is 122 g/mol. The molecule has 0 bridgehead atoms. The lowest BCUT2D eigenvalue weighted by atomic mass is 10.5. The first-order chi connectivity index (χ1) is 4.18. The molecule has 0 atom stereocenters. The lowest BCUT2D eigenvalue weighted by Gasteiger charge is -1.76. The summed E-state index contributed by atoms with van der Waals surface area (Å²) in [5.74, 6) is 3.78. The lowest BCUT2D eigenvalue weighted by Crippen LogP contribution is -1.94. The summed E-state index contributed by atoms with van der Waals surface area (Å²) in [7, 11) is 0. The topological polar surface area (TPSA) is 72.5 Å². The Morgan fingerprint density at radius 3 is 1.89 bits per heavy atom. The first-order valence-corrected chi connectivity index (χ1v) is 2.72. The van der Waals surface area contributed by atoms with Crippen LogP contribution in [0.25, 0.3) is 0 Å². The van der Waals surface area contributed by atoms with Crippen molar-refractivity contribution < 1.29 is 14.7 Å². The van der Waals surface area contributed by atoms with Crippen LogP contribution in [0.2, 0.25) is 0 Å². The minimum absolute atomic E-state index is 0.222. The van der Waals surface area contributed by atoms with Crippen LogP contribution in [0.4, 0.5) is 0 Å². The normalized spacial score (nSPS) is 7.44. The van der Waals surface area contributed by atoms with Gasteiger partial charge >= 0.3 is 5.97 Å². The maximum absolute atomic E-state index is 9.37. The highest BCUT2D eigenvalue weighted by atomic mass is 16.6. The number of nitrogens with two attached hydrogens (primary N) is 1. The summed E-state index contributed by atoms with van der Waals surface area (Å²) in [4.78, 5) is 13.4. The van der Waals surface area contributed by atoms with Crippen LogP contribution in [0.15, 0.2) is 0 Å². The highest BCUT2D eigenvalue weighted by molar-refractivity contribution is 5.66. The first kappa shape index (κ1) is 11.2. The van der Waals surface area contributed by atoms with E-state index in [4.69, 9.17) is 5.11 Å². The summed E-state index contributed by atoms with van der Waals surface area (Å²) in [6.45, 7) is 4.03. The SMILES string of the molecule is CCC(=O)O.CCON. The summed E-state index contributed by atoms with van der Waals surface area (Å²) >= 11 is 0. The van der Waals surface area contributed by atoms with Crippen molar-refractivity contribution in [3.63, 3.8) is 0 Å². The molecule has 4 heteroatoms. The molecule has 3 N–H and O–H groups in total. The van der Waals surface area contributed by atoms with Gasteiger partial charge in [-0.05, 0) is 6.92 Å². The summed E-state index contributed by atoms with van der Waals surface area (Å²) in [5.41, 5.74) is 0. The third-order valence-corrected chi connectivity index (χ3v) is 0.469. The Balaban J connectivity index is 0. The highest BCUT2D eigenvalue weighted by Crippen LogP contribution is 1.67. The van der Waals surface area contributed by atoms with Crippen LogP contribution in [0, 0.1) is 0 Å². The van der Waals surface area contributed by atoms with Crippen molar-refractivity contribution in [3.8, 4) is 0 Å². The lowest BCUT2D eigenvalue weighted by molar-refractivity contribution is -0.136. The Hall–Kier alpha value is -0.610. The van der Waals surface area contributed by atoms with Crippen molar-refractivity contribution in [3.05, 3.63) is 0 Å². The third-order valence-electron chi connectivity index (χ3n) is 0.469. The molecule has 0 aliphatic rings. The van der Waals surface area contributed by atoms with E-state index < -0.39 is 5.97 Å². The van der Waals surface area contributed by atoms with Gasteiger partial charge in [0.15, 0.2) is 0 Å². The van der Waals surface area contributed by atoms with Crippen molar-refractivity contribution in [1.29, 1.82) is 0 Å². The van der Waals surface area contributed by atoms with E-state index in [0.29, 0.717) is 6.61 Å². The van der Waals surface area contributed by atoms with Crippen LogP contribution in [0.1, 0.15) is 20.3 Å². The van der Waals surface area contributed by atoms with E-state index in [0.717, 1.165) is 0 Å². The fraction of sp³-hybridized carbons (Fsp3) is 0.800. The average molecular weight is 135 g/mol.